The zero-order valence-electron chi connectivity index (χ0n) is 21.1. The second-order valence-electron chi connectivity index (χ2n) is 9.87. The maximum atomic E-state index is 13.3. The Morgan fingerprint density at radius 1 is 1.00 bits per heavy atom. The third kappa shape index (κ3) is 11.3. The van der Waals surface area contributed by atoms with Crippen LogP contribution in [0.2, 0.25) is 0 Å². The molecule has 0 fully saturated rings. The summed E-state index contributed by atoms with van der Waals surface area (Å²) < 4.78 is 13.3. The van der Waals surface area contributed by atoms with Crippen molar-refractivity contribution in [2.24, 2.45) is 5.41 Å². The monoisotopic (exact) mass is 486 g/mol. The Morgan fingerprint density at radius 2 is 1.69 bits per heavy atom. The van der Waals surface area contributed by atoms with Crippen molar-refractivity contribution in [1.82, 2.24) is 15.5 Å². The molecule has 7 nitrogen and oxygen atoms in total. The van der Waals surface area contributed by atoms with Crippen LogP contribution in [-0.2, 0) is 22.4 Å². The lowest BCUT2D eigenvalue weighted by Gasteiger charge is -2.30. The van der Waals surface area contributed by atoms with E-state index in [-0.39, 0.29) is 22.9 Å². The molecule has 35 heavy (non-hydrogen) atoms. The summed E-state index contributed by atoms with van der Waals surface area (Å²) >= 11 is 0. The van der Waals surface area contributed by atoms with E-state index >= 15 is 0 Å². The van der Waals surface area contributed by atoms with Crippen molar-refractivity contribution in [3.05, 3.63) is 59.4 Å². The van der Waals surface area contributed by atoms with Crippen LogP contribution in [0.25, 0.3) is 0 Å². The summed E-state index contributed by atoms with van der Waals surface area (Å²) in [7, 11) is 0. The van der Waals surface area contributed by atoms with Gasteiger partial charge in [-0.3, -0.25) is 9.59 Å². The SMILES string of the molecule is CC(C)(C)CN(CCNCCc1ccc(O)c(NC=O)c1)C(=O)CCNCCc1cccc(F)c1. The molecule has 2 aromatic carbocycles. The molecule has 0 aliphatic carbocycles. The highest BCUT2D eigenvalue weighted by Crippen LogP contribution is 2.23. The first-order chi connectivity index (χ1) is 16.7. The van der Waals surface area contributed by atoms with Crippen LogP contribution in [0.5, 0.6) is 5.75 Å². The van der Waals surface area contributed by atoms with Gasteiger partial charge in [0, 0.05) is 32.6 Å². The van der Waals surface area contributed by atoms with Crippen LogP contribution in [0.3, 0.4) is 0 Å². The number of amides is 2. The minimum atomic E-state index is -0.230. The van der Waals surface area contributed by atoms with E-state index in [4.69, 9.17) is 0 Å². The number of hydrogen-bond acceptors (Lipinski definition) is 5. The fourth-order valence-corrected chi connectivity index (χ4v) is 3.76. The van der Waals surface area contributed by atoms with Gasteiger partial charge in [-0.05, 0) is 66.7 Å². The fourth-order valence-electron chi connectivity index (χ4n) is 3.76. The Morgan fingerprint density at radius 3 is 2.34 bits per heavy atom. The molecule has 0 aliphatic rings. The molecule has 2 amide bonds. The number of benzene rings is 2. The number of aromatic hydroxyl groups is 1. The molecule has 0 saturated carbocycles. The summed E-state index contributed by atoms with van der Waals surface area (Å²) in [6.45, 7) is 10.3. The maximum Gasteiger partial charge on any atom is 0.223 e. The smallest absolute Gasteiger partial charge is 0.223 e. The maximum absolute atomic E-state index is 13.3. The third-order valence-corrected chi connectivity index (χ3v) is 5.44. The van der Waals surface area contributed by atoms with Crippen LogP contribution >= 0.6 is 0 Å². The van der Waals surface area contributed by atoms with Gasteiger partial charge in [-0.2, -0.15) is 0 Å². The highest BCUT2D eigenvalue weighted by Gasteiger charge is 2.20. The van der Waals surface area contributed by atoms with Gasteiger partial charge < -0.3 is 26.0 Å². The Bertz CT molecular complexity index is 946. The second-order valence-corrected chi connectivity index (χ2v) is 9.87. The number of anilines is 1. The highest BCUT2D eigenvalue weighted by molar-refractivity contribution is 5.76. The van der Waals surface area contributed by atoms with E-state index in [1.54, 1.807) is 18.2 Å². The Balaban J connectivity index is 1.72. The molecule has 0 aromatic heterocycles. The number of hydrogen-bond donors (Lipinski definition) is 4. The zero-order valence-corrected chi connectivity index (χ0v) is 21.1. The summed E-state index contributed by atoms with van der Waals surface area (Å²) in [4.78, 5) is 25.4. The van der Waals surface area contributed by atoms with Crippen molar-refractivity contribution < 1.29 is 19.1 Å². The van der Waals surface area contributed by atoms with Gasteiger partial charge in [-0.25, -0.2) is 4.39 Å². The van der Waals surface area contributed by atoms with Crippen molar-refractivity contribution in [1.29, 1.82) is 0 Å². The molecule has 0 aliphatic heterocycles. The number of phenolic OH excluding ortho intramolecular Hbond substituents is 1. The Hall–Kier alpha value is -2.97. The molecule has 0 atom stereocenters. The minimum Gasteiger partial charge on any atom is -0.506 e. The molecule has 4 N–H and O–H groups in total. The molecule has 0 bridgehead atoms. The number of carbonyl (C=O) groups is 2. The third-order valence-electron chi connectivity index (χ3n) is 5.44. The van der Waals surface area contributed by atoms with Gasteiger partial charge >= 0.3 is 0 Å². The summed E-state index contributed by atoms with van der Waals surface area (Å²) in [6.07, 6.45) is 2.41. The number of nitrogens with zero attached hydrogens (tertiary/aromatic N) is 1. The van der Waals surface area contributed by atoms with Gasteiger partial charge in [-0.1, -0.05) is 39.0 Å². The quantitative estimate of drug-likeness (QED) is 0.176. The van der Waals surface area contributed by atoms with Crippen LogP contribution in [-0.4, -0.2) is 61.6 Å². The summed E-state index contributed by atoms with van der Waals surface area (Å²) in [5, 5.41) is 18.9. The van der Waals surface area contributed by atoms with Crippen molar-refractivity contribution in [3.63, 3.8) is 0 Å². The van der Waals surface area contributed by atoms with Crippen molar-refractivity contribution in [2.75, 3.05) is 44.6 Å². The van der Waals surface area contributed by atoms with E-state index in [2.05, 4.69) is 36.7 Å². The van der Waals surface area contributed by atoms with Crippen LogP contribution in [0.4, 0.5) is 10.1 Å². The second kappa shape index (κ2) is 14.4. The molecule has 0 saturated heterocycles. The average molecular weight is 487 g/mol. The normalized spacial score (nSPS) is 11.3. The summed E-state index contributed by atoms with van der Waals surface area (Å²) in [5.74, 6) is -0.0801. The molecule has 2 rings (SSSR count). The van der Waals surface area contributed by atoms with E-state index in [0.717, 1.165) is 24.0 Å². The van der Waals surface area contributed by atoms with Crippen LogP contribution in [0.15, 0.2) is 42.5 Å². The predicted molar refractivity (Wildman–Crippen MR) is 138 cm³/mol. The number of halogens is 1. The lowest BCUT2D eigenvalue weighted by atomic mass is 9.96. The fraction of sp³-hybridized carbons (Fsp3) is 0.481. The largest absolute Gasteiger partial charge is 0.506 e. The van der Waals surface area contributed by atoms with Crippen LogP contribution in [0.1, 0.15) is 38.3 Å². The van der Waals surface area contributed by atoms with E-state index in [9.17, 15) is 19.1 Å². The lowest BCUT2D eigenvalue weighted by Crippen LogP contribution is -2.42. The van der Waals surface area contributed by atoms with Gasteiger partial charge in [0.15, 0.2) is 0 Å². The number of phenols is 1. The molecule has 0 heterocycles. The topological polar surface area (TPSA) is 93.7 Å². The van der Waals surface area contributed by atoms with Gasteiger partial charge in [0.05, 0.1) is 5.69 Å². The van der Waals surface area contributed by atoms with Crippen LogP contribution < -0.4 is 16.0 Å². The Labute approximate surface area is 208 Å². The van der Waals surface area contributed by atoms with Gasteiger partial charge in [-0.15, -0.1) is 0 Å². The van der Waals surface area contributed by atoms with E-state index in [1.165, 1.54) is 12.1 Å². The number of carbonyl (C=O) groups excluding carboxylic acids is 2. The molecular formula is C27H39FN4O3. The standard InChI is InChI=1S/C27H39FN4O3/c1-27(2,3)19-32(26(35)11-14-29-12-9-21-5-4-6-23(28)17-21)16-15-30-13-10-22-7-8-25(34)24(18-22)31-20-33/h4-8,17-18,20,29-30,34H,9-16,19H2,1-3H3,(H,31,33). The number of nitrogens with one attached hydrogen (secondary N) is 3. The van der Waals surface area contributed by atoms with E-state index in [0.29, 0.717) is 57.8 Å². The van der Waals surface area contributed by atoms with Crippen molar-refractivity contribution in [2.45, 2.75) is 40.0 Å². The zero-order chi connectivity index (χ0) is 25.7. The van der Waals surface area contributed by atoms with Gasteiger partial charge in [0.2, 0.25) is 12.3 Å². The first kappa shape index (κ1) is 28.3. The van der Waals surface area contributed by atoms with Gasteiger partial charge in [0.1, 0.15) is 11.6 Å². The highest BCUT2D eigenvalue weighted by atomic mass is 19.1. The summed E-state index contributed by atoms with van der Waals surface area (Å²) in [5.41, 5.74) is 2.32. The van der Waals surface area contributed by atoms with Gasteiger partial charge in [0.25, 0.3) is 0 Å². The van der Waals surface area contributed by atoms with Crippen molar-refractivity contribution in [3.8, 4) is 5.75 Å². The molecule has 192 valence electrons. The minimum absolute atomic E-state index is 0.00546. The molecule has 0 spiro atoms. The Kier molecular flexibility index (Phi) is 11.7. The molecular weight excluding hydrogens is 447 g/mol. The lowest BCUT2D eigenvalue weighted by molar-refractivity contribution is -0.132. The molecule has 0 unspecified atom stereocenters. The van der Waals surface area contributed by atoms with Crippen molar-refractivity contribution >= 4 is 18.0 Å². The summed E-state index contributed by atoms with van der Waals surface area (Å²) in [6, 6.07) is 11.7. The first-order valence-corrected chi connectivity index (χ1v) is 12.1. The first-order valence-electron chi connectivity index (χ1n) is 12.1. The molecule has 8 heteroatoms. The average Bonchev–Trinajstić information content (AvgIpc) is 2.79. The van der Waals surface area contributed by atoms with E-state index < -0.39 is 0 Å². The number of rotatable bonds is 15. The molecule has 0 radical (unpaired) electrons. The molecule has 2 aromatic rings. The van der Waals surface area contributed by atoms with E-state index in [1.807, 2.05) is 17.0 Å². The van der Waals surface area contributed by atoms with Crippen LogP contribution in [0, 0.1) is 11.2 Å². The predicted octanol–water partition coefficient (Wildman–Crippen LogP) is 3.33.